The third kappa shape index (κ3) is 3.32. The number of ether oxygens (including phenoxy) is 1. The number of carbonyl (C=O) groups is 2. The number of amides is 1. The molecule has 140 valence electrons. The van der Waals surface area contributed by atoms with Gasteiger partial charge in [-0.05, 0) is 28.3 Å². The van der Waals surface area contributed by atoms with Crippen LogP contribution in [0, 0.1) is 0 Å². The lowest BCUT2D eigenvalue weighted by Crippen LogP contribution is -2.26. The van der Waals surface area contributed by atoms with E-state index in [0.29, 0.717) is 5.56 Å². The van der Waals surface area contributed by atoms with Crippen LogP contribution in [0.5, 0.6) is 0 Å². The van der Waals surface area contributed by atoms with Gasteiger partial charge in [-0.3, -0.25) is 0 Å². The van der Waals surface area contributed by atoms with Crippen LogP contribution in [0.4, 0.5) is 4.79 Å². The van der Waals surface area contributed by atoms with Crippen LogP contribution in [-0.2, 0) is 11.3 Å². The second kappa shape index (κ2) is 7.52. The van der Waals surface area contributed by atoms with Crippen LogP contribution in [0.25, 0.3) is 11.1 Å². The lowest BCUT2D eigenvalue weighted by molar-refractivity contribution is 0.0688. The molecule has 0 spiro atoms. The average Bonchev–Trinajstić information content (AvgIpc) is 3.05. The minimum atomic E-state index is -1.13. The molecule has 1 aromatic heterocycles. The molecular weight excluding hydrogens is 356 g/mol. The predicted molar refractivity (Wildman–Crippen MR) is 103 cm³/mol. The first-order valence-corrected chi connectivity index (χ1v) is 8.91. The molecule has 2 N–H and O–H groups in total. The number of aromatic carboxylic acids is 1. The second-order valence-electron chi connectivity index (χ2n) is 6.50. The molecule has 0 bridgehead atoms. The third-order valence-electron chi connectivity index (χ3n) is 4.86. The van der Waals surface area contributed by atoms with Crippen molar-refractivity contribution >= 4 is 12.1 Å². The molecule has 1 aliphatic carbocycles. The van der Waals surface area contributed by atoms with E-state index < -0.39 is 12.1 Å². The summed E-state index contributed by atoms with van der Waals surface area (Å²) in [4.78, 5) is 27.2. The van der Waals surface area contributed by atoms with Gasteiger partial charge in [0.25, 0.3) is 0 Å². The van der Waals surface area contributed by atoms with Crippen molar-refractivity contribution < 1.29 is 19.4 Å². The predicted octanol–water partition coefficient (Wildman–Crippen LogP) is 3.82. The normalized spacial score (nSPS) is 12.1. The lowest BCUT2D eigenvalue weighted by Gasteiger charge is -2.14. The van der Waals surface area contributed by atoms with Crippen molar-refractivity contribution in [2.75, 3.05) is 6.61 Å². The number of benzene rings is 2. The number of carbonyl (C=O) groups excluding carboxylic acids is 1. The standard InChI is InChI=1S/C22H18N2O4/c25-21(26)20-14(6-5-11-23-20)12-24-22(27)28-13-19-17-9-3-1-7-15(17)16-8-2-4-10-18(16)19/h1-11,19H,12-13H2,(H,24,27)(H,25,26). The SMILES string of the molecule is O=C(NCc1cccnc1C(=O)O)OCC1c2ccccc2-c2ccccc21. The minimum Gasteiger partial charge on any atom is -0.477 e. The van der Waals surface area contributed by atoms with E-state index in [9.17, 15) is 9.59 Å². The van der Waals surface area contributed by atoms with E-state index in [1.807, 2.05) is 24.3 Å². The van der Waals surface area contributed by atoms with Gasteiger partial charge in [-0.2, -0.15) is 0 Å². The van der Waals surface area contributed by atoms with Crippen LogP contribution in [-0.4, -0.2) is 28.8 Å². The summed E-state index contributed by atoms with van der Waals surface area (Å²) in [6.07, 6.45) is 0.808. The zero-order valence-corrected chi connectivity index (χ0v) is 15.0. The fourth-order valence-corrected chi connectivity index (χ4v) is 3.59. The van der Waals surface area contributed by atoms with Crippen molar-refractivity contribution in [2.45, 2.75) is 12.5 Å². The molecule has 0 atom stereocenters. The first-order chi connectivity index (χ1) is 13.6. The van der Waals surface area contributed by atoms with Gasteiger partial charge < -0.3 is 15.2 Å². The molecular formula is C22H18N2O4. The highest BCUT2D eigenvalue weighted by Gasteiger charge is 2.29. The Balaban J connectivity index is 1.43. The Morgan fingerprint density at radius 2 is 1.61 bits per heavy atom. The molecule has 0 saturated heterocycles. The molecule has 0 radical (unpaired) electrons. The van der Waals surface area contributed by atoms with E-state index in [0.717, 1.165) is 22.3 Å². The molecule has 0 aliphatic heterocycles. The van der Waals surface area contributed by atoms with Gasteiger partial charge in [0, 0.05) is 24.2 Å². The number of pyridine rings is 1. The average molecular weight is 374 g/mol. The van der Waals surface area contributed by atoms with Crippen molar-refractivity contribution in [2.24, 2.45) is 0 Å². The van der Waals surface area contributed by atoms with Crippen molar-refractivity contribution in [3.05, 3.63) is 89.2 Å². The summed E-state index contributed by atoms with van der Waals surface area (Å²) in [5.74, 6) is -1.16. The highest BCUT2D eigenvalue weighted by molar-refractivity contribution is 5.87. The second-order valence-corrected chi connectivity index (χ2v) is 6.50. The van der Waals surface area contributed by atoms with Crippen molar-refractivity contribution in [3.8, 4) is 11.1 Å². The highest BCUT2D eigenvalue weighted by atomic mass is 16.5. The quantitative estimate of drug-likeness (QED) is 0.709. The summed E-state index contributed by atoms with van der Waals surface area (Å²) in [5, 5.41) is 11.8. The topological polar surface area (TPSA) is 88.5 Å². The molecule has 28 heavy (non-hydrogen) atoms. The number of alkyl carbamates (subject to hydrolysis) is 1. The molecule has 6 heteroatoms. The van der Waals surface area contributed by atoms with Crippen molar-refractivity contribution in [3.63, 3.8) is 0 Å². The Morgan fingerprint density at radius 1 is 0.964 bits per heavy atom. The maximum Gasteiger partial charge on any atom is 0.407 e. The molecule has 2 aromatic carbocycles. The van der Waals surface area contributed by atoms with Gasteiger partial charge >= 0.3 is 12.1 Å². The molecule has 1 heterocycles. The van der Waals surface area contributed by atoms with Crippen LogP contribution in [0.2, 0.25) is 0 Å². The van der Waals surface area contributed by atoms with Crippen molar-refractivity contribution in [1.29, 1.82) is 0 Å². The Labute approximate surface area is 161 Å². The van der Waals surface area contributed by atoms with Gasteiger partial charge in [0.1, 0.15) is 6.61 Å². The van der Waals surface area contributed by atoms with Gasteiger partial charge in [-0.25, -0.2) is 14.6 Å². The van der Waals surface area contributed by atoms with Crippen LogP contribution in [0.3, 0.4) is 0 Å². The van der Waals surface area contributed by atoms with E-state index in [1.54, 1.807) is 12.1 Å². The van der Waals surface area contributed by atoms with Gasteiger partial charge in [0.05, 0.1) is 0 Å². The summed E-state index contributed by atoms with van der Waals surface area (Å²) >= 11 is 0. The number of nitrogens with one attached hydrogen (secondary N) is 1. The van der Waals surface area contributed by atoms with Crippen molar-refractivity contribution in [1.82, 2.24) is 10.3 Å². The molecule has 0 fully saturated rings. The van der Waals surface area contributed by atoms with E-state index >= 15 is 0 Å². The molecule has 1 aliphatic rings. The summed E-state index contributed by atoms with van der Waals surface area (Å²) < 4.78 is 5.44. The molecule has 1 amide bonds. The Kier molecular flexibility index (Phi) is 4.76. The third-order valence-corrected chi connectivity index (χ3v) is 4.86. The zero-order valence-electron chi connectivity index (χ0n) is 15.0. The number of nitrogens with zero attached hydrogens (tertiary/aromatic N) is 1. The number of aromatic nitrogens is 1. The fraction of sp³-hybridized carbons (Fsp3) is 0.136. The van der Waals surface area contributed by atoms with Crippen LogP contribution < -0.4 is 5.32 Å². The number of carboxylic acid groups (broad SMARTS) is 1. The van der Waals surface area contributed by atoms with Crippen LogP contribution in [0.1, 0.15) is 33.1 Å². The number of carboxylic acids is 1. The maximum atomic E-state index is 12.2. The molecule has 0 unspecified atom stereocenters. The summed E-state index contributed by atoms with van der Waals surface area (Å²) in [6.45, 7) is 0.241. The maximum absolute atomic E-state index is 12.2. The molecule has 6 nitrogen and oxygen atoms in total. The Bertz CT molecular complexity index is 1000. The number of hydrogen-bond donors (Lipinski definition) is 2. The van der Waals surface area contributed by atoms with E-state index in [2.05, 4.69) is 34.6 Å². The first kappa shape index (κ1) is 17.7. The summed E-state index contributed by atoms with van der Waals surface area (Å²) in [6, 6.07) is 19.4. The Morgan fingerprint density at radius 3 is 2.25 bits per heavy atom. The molecule has 4 rings (SSSR count). The van der Waals surface area contributed by atoms with Crippen LogP contribution >= 0.6 is 0 Å². The van der Waals surface area contributed by atoms with E-state index in [-0.39, 0.29) is 24.8 Å². The Hall–Kier alpha value is -3.67. The molecule has 3 aromatic rings. The fourth-order valence-electron chi connectivity index (χ4n) is 3.59. The molecule has 0 saturated carbocycles. The van der Waals surface area contributed by atoms with Gasteiger partial charge in [-0.1, -0.05) is 54.6 Å². The van der Waals surface area contributed by atoms with Gasteiger partial charge in [-0.15, -0.1) is 0 Å². The number of fused-ring (bicyclic) bond motifs is 3. The van der Waals surface area contributed by atoms with E-state index in [4.69, 9.17) is 9.84 Å². The minimum absolute atomic E-state index is 0.0221. The van der Waals surface area contributed by atoms with Gasteiger partial charge in [0.15, 0.2) is 5.69 Å². The number of rotatable bonds is 5. The zero-order chi connectivity index (χ0) is 19.5. The lowest BCUT2D eigenvalue weighted by atomic mass is 9.98. The number of hydrogen-bond acceptors (Lipinski definition) is 4. The monoisotopic (exact) mass is 374 g/mol. The van der Waals surface area contributed by atoms with Gasteiger partial charge in [0.2, 0.25) is 0 Å². The summed E-state index contributed by atoms with van der Waals surface area (Å²) in [7, 11) is 0. The smallest absolute Gasteiger partial charge is 0.407 e. The first-order valence-electron chi connectivity index (χ1n) is 8.91. The van der Waals surface area contributed by atoms with E-state index in [1.165, 1.54) is 6.20 Å². The van der Waals surface area contributed by atoms with Crippen LogP contribution in [0.15, 0.2) is 66.9 Å². The highest BCUT2D eigenvalue weighted by Crippen LogP contribution is 2.44. The largest absolute Gasteiger partial charge is 0.477 e. The summed E-state index contributed by atoms with van der Waals surface area (Å²) in [5.41, 5.74) is 4.93.